The molecule has 0 radical (unpaired) electrons. The number of allylic oxidation sites excluding steroid dienone is 3. The molecular weight excluding hydrogens is 432 g/mol. The lowest BCUT2D eigenvalue weighted by Gasteiger charge is -2.37. The molecule has 2 aromatic rings. The van der Waals surface area contributed by atoms with Crippen LogP contribution < -0.4 is 0 Å². The van der Waals surface area contributed by atoms with Crippen molar-refractivity contribution in [3.05, 3.63) is 83.9 Å². The van der Waals surface area contributed by atoms with Crippen LogP contribution in [0, 0.1) is 22.7 Å². The number of carbonyl (C=O) groups is 1. The lowest BCUT2D eigenvalue weighted by molar-refractivity contribution is -0.138. The monoisotopic (exact) mass is 472 g/mol. The maximum absolute atomic E-state index is 11.4. The molecule has 0 aliphatic heterocycles. The summed E-state index contributed by atoms with van der Waals surface area (Å²) in [5.41, 5.74) is 5.93. The van der Waals surface area contributed by atoms with Crippen molar-refractivity contribution in [1.82, 2.24) is 0 Å². The van der Waals surface area contributed by atoms with Crippen molar-refractivity contribution in [3.8, 4) is 0 Å². The normalized spacial score (nSPS) is 24.9. The second kappa shape index (κ2) is 10.1. The van der Waals surface area contributed by atoms with Crippen molar-refractivity contribution in [2.45, 2.75) is 71.8 Å². The first kappa shape index (κ1) is 25.4. The van der Waals surface area contributed by atoms with Gasteiger partial charge in [-0.2, -0.15) is 0 Å². The zero-order chi connectivity index (χ0) is 25.2. The van der Waals surface area contributed by atoms with E-state index in [0.717, 1.165) is 49.7 Å². The maximum Gasteiger partial charge on any atom is 0.303 e. The lowest BCUT2D eigenvalue weighted by atomic mass is 9.66. The average molecular weight is 473 g/mol. The number of carboxylic acid groups (broad SMARTS) is 1. The fourth-order valence-corrected chi connectivity index (χ4v) is 7.08. The number of fused-ring (bicyclic) bond motifs is 1. The van der Waals surface area contributed by atoms with Gasteiger partial charge in [0.2, 0.25) is 0 Å². The van der Waals surface area contributed by atoms with Crippen molar-refractivity contribution in [2.24, 2.45) is 22.7 Å². The van der Waals surface area contributed by atoms with Gasteiger partial charge in [-0.3, -0.25) is 4.79 Å². The molecule has 2 unspecified atom stereocenters. The SMILES string of the molecule is C=C(c1ccccc1)[C@@]12CC[C@@H](O)C1CC(CC(C)(C)CC(CC)CC(=O)O)=C2c1ccccc1. The van der Waals surface area contributed by atoms with Gasteiger partial charge < -0.3 is 10.2 Å². The van der Waals surface area contributed by atoms with E-state index in [-0.39, 0.29) is 35.2 Å². The number of aliphatic hydroxyl groups excluding tert-OH is 1. The molecule has 4 atom stereocenters. The van der Waals surface area contributed by atoms with Crippen LogP contribution in [0.4, 0.5) is 0 Å². The van der Waals surface area contributed by atoms with Crippen LogP contribution in [0.15, 0.2) is 72.8 Å². The molecule has 0 bridgehead atoms. The molecular formula is C32H40O3. The highest BCUT2D eigenvalue weighted by Gasteiger charge is 2.57. The Bertz CT molecular complexity index is 1080. The van der Waals surface area contributed by atoms with Gasteiger partial charge in [-0.05, 0) is 65.7 Å². The van der Waals surface area contributed by atoms with E-state index < -0.39 is 5.97 Å². The smallest absolute Gasteiger partial charge is 0.303 e. The van der Waals surface area contributed by atoms with E-state index in [1.807, 2.05) is 6.07 Å². The minimum Gasteiger partial charge on any atom is -0.481 e. The predicted molar refractivity (Wildman–Crippen MR) is 144 cm³/mol. The van der Waals surface area contributed by atoms with E-state index in [1.165, 1.54) is 16.7 Å². The number of aliphatic hydroxyl groups is 1. The Hall–Kier alpha value is -2.65. The zero-order valence-electron chi connectivity index (χ0n) is 21.5. The molecule has 0 spiro atoms. The quantitative estimate of drug-likeness (QED) is 0.374. The van der Waals surface area contributed by atoms with Crippen LogP contribution in [-0.2, 0) is 4.79 Å². The van der Waals surface area contributed by atoms with Gasteiger partial charge in [0.05, 0.1) is 6.10 Å². The van der Waals surface area contributed by atoms with Gasteiger partial charge in [0.1, 0.15) is 0 Å². The van der Waals surface area contributed by atoms with Gasteiger partial charge in [-0.1, -0.05) is 100 Å². The van der Waals surface area contributed by atoms with Gasteiger partial charge in [-0.15, -0.1) is 0 Å². The molecule has 2 aliphatic carbocycles. The average Bonchev–Trinajstić information content (AvgIpc) is 3.32. The molecule has 3 heteroatoms. The van der Waals surface area contributed by atoms with Crippen molar-refractivity contribution in [2.75, 3.05) is 0 Å². The van der Waals surface area contributed by atoms with E-state index in [1.54, 1.807) is 0 Å². The molecule has 3 nitrogen and oxygen atoms in total. The molecule has 0 aromatic heterocycles. The molecule has 1 fully saturated rings. The first-order chi connectivity index (χ1) is 16.7. The summed E-state index contributed by atoms with van der Waals surface area (Å²) in [5.74, 6) is -0.423. The van der Waals surface area contributed by atoms with Crippen LogP contribution in [0.1, 0.15) is 76.8 Å². The molecule has 2 aliphatic rings. The number of aliphatic carboxylic acids is 1. The molecule has 35 heavy (non-hydrogen) atoms. The highest BCUT2D eigenvalue weighted by atomic mass is 16.4. The second-order valence-electron chi connectivity index (χ2n) is 11.5. The molecule has 0 amide bonds. The van der Waals surface area contributed by atoms with Gasteiger partial charge in [0.15, 0.2) is 0 Å². The van der Waals surface area contributed by atoms with Crippen LogP contribution in [0.5, 0.6) is 0 Å². The summed E-state index contributed by atoms with van der Waals surface area (Å²) in [7, 11) is 0. The highest BCUT2D eigenvalue weighted by molar-refractivity contribution is 5.90. The molecule has 2 N–H and O–H groups in total. The zero-order valence-corrected chi connectivity index (χ0v) is 21.5. The van der Waals surface area contributed by atoms with Crippen molar-refractivity contribution in [3.63, 3.8) is 0 Å². The molecule has 0 heterocycles. The van der Waals surface area contributed by atoms with Gasteiger partial charge in [0.25, 0.3) is 0 Å². The Morgan fingerprint density at radius 2 is 1.74 bits per heavy atom. The summed E-state index contributed by atoms with van der Waals surface area (Å²) in [6.07, 6.45) is 5.09. The van der Waals surface area contributed by atoms with E-state index >= 15 is 0 Å². The minimum absolute atomic E-state index is 0.0374. The molecule has 0 saturated heterocycles. The second-order valence-corrected chi connectivity index (χ2v) is 11.5. The number of benzene rings is 2. The largest absolute Gasteiger partial charge is 0.481 e. The van der Waals surface area contributed by atoms with Crippen molar-refractivity contribution < 1.29 is 15.0 Å². The van der Waals surface area contributed by atoms with Gasteiger partial charge >= 0.3 is 5.97 Å². The Labute approximate surface area is 210 Å². The number of hydrogen-bond acceptors (Lipinski definition) is 2. The van der Waals surface area contributed by atoms with E-state index in [2.05, 4.69) is 81.9 Å². The van der Waals surface area contributed by atoms with Crippen molar-refractivity contribution in [1.29, 1.82) is 0 Å². The van der Waals surface area contributed by atoms with Crippen LogP contribution in [0.3, 0.4) is 0 Å². The Balaban J connectivity index is 1.79. The standard InChI is InChI=1S/C32H40O3/c1-5-23(18-29(34)35)20-31(3,4)21-26-19-27-28(33)16-17-32(27,22(2)24-12-8-6-9-13-24)30(26)25-14-10-7-11-15-25/h6-15,23,27-28,33H,2,5,16-21H2,1,3-4H3,(H,34,35)/t23?,27?,28-,32+/m1/s1. The fourth-order valence-electron chi connectivity index (χ4n) is 7.08. The first-order valence-corrected chi connectivity index (χ1v) is 13.1. The summed E-state index contributed by atoms with van der Waals surface area (Å²) in [4.78, 5) is 11.4. The van der Waals surface area contributed by atoms with E-state index in [0.29, 0.717) is 0 Å². The Morgan fingerprint density at radius 1 is 1.11 bits per heavy atom. The predicted octanol–water partition coefficient (Wildman–Crippen LogP) is 7.62. The molecule has 4 rings (SSSR count). The van der Waals surface area contributed by atoms with Crippen LogP contribution in [0.25, 0.3) is 11.1 Å². The Morgan fingerprint density at radius 3 is 2.34 bits per heavy atom. The number of hydrogen-bond donors (Lipinski definition) is 2. The minimum atomic E-state index is -0.714. The first-order valence-electron chi connectivity index (χ1n) is 13.1. The van der Waals surface area contributed by atoms with Gasteiger partial charge in [-0.25, -0.2) is 0 Å². The molecule has 2 aromatic carbocycles. The van der Waals surface area contributed by atoms with E-state index in [4.69, 9.17) is 0 Å². The van der Waals surface area contributed by atoms with Crippen LogP contribution >= 0.6 is 0 Å². The molecule has 1 saturated carbocycles. The van der Waals surface area contributed by atoms with E-state index in [9.17, 15) is 15.0 Å². The van der Waals surface area contributed by atoms with Crippen LogP contribution in [0.2, 0.25) is 0 Å². The van der Waals surface area contributed by atoms with Gasteiger partial charge in [0, 0.05) is 17.8 Å². The van der Waals surface area contributed by atoms with Crippen molar-refractivity contribution >= 4 is 17.1 Å². The third-order valence-corrected chi connectivity index (χ3v) is 8.49. The third kappa shape index (κ3) is 5.02. The molecule has 186 valence electrons. The summed E-state index contributed by atoms with van der Waals surface area (Å²) >= 11 is 0. The highest BCUT2D eigenvalue weighted by Crippen LogP contribution is 2.66. The third-order valence-electron chi connectivity index (χ3n) is 8.49. The topological polar surface area (TPSA) is 57.5 Å². The lowest BCUT2D eigenvalue weighted by Crippen LogP contribution is -2.29. The fraction of sp³-hybridized carbons (Fsp3) is 0.469. The number of rotatable bonds is 10. The Kier molecular flexibility index (Phi) is 7.38. The summed E-state index contributed by atoms with van der Waals surface area (Å²) < 4.78 is 0. The number of carboxylic acids is 1. The maximum atomic E-state index is 11.4. The summed E-state index contributed by atoms with van der Waals surface area (Å²) in [6, 6.07) is 21.1. The summed E-state index contributed by atoms with van der Waals surface area (Å²) in [5, 5.41) is 20.6. The van der Waals surface area contributed by atoms with Crippen LogP contribution in [-0.4, -0.2) is 22.3 Å². The summed E-state index contributed by atoms with van der Waals surface area (Å²) in [6.45, 7) is 11.3.